The lowest BCUT2D eigenvalue weighted by Crippen LogP contribution is -2.45. The molecule has 2 aromatic rings. The van der Waals surface area contributed by atoms with Crippen LogP contribution in [0.2, 0.25) is 0 Å². The van der Waals surface area contributed by atoms with Crippen LogP contribution in [0.25, 0.3) is 0 Å². The van der Waals surface area contributed by atoms with E-state index in [4.69, 9.17) is 4.74 Å². The van der Waals surface area contributed by atoms with E-state index in [1.165, 1.54) is 18.4 Å². The summed E-state index contributed by atoms with van der Waals surface area (Å²) in [5, 5.41) is 1.89. The van der Waals surface area contributed by atoms with E-state index in [1.807, 2.05) is 29.6 Å². The number of nitrogens with zero attached hydrogens (tertiary/aromatic N) is 2. The summed E-state index contributed by atoms with van der Waals surface area (Å²) in [5.41, 5.74) is 1.42. The van der Waals surface area contributed by atoms with Crippen molar-refractivity contribution in [3.63, 3.8) is 0 Å². The molecule has 28 heavy (non-hydrogen) atoms. The summed E-state index contributed by atoms with van der Waals surface area (Å²) >= 11 is 1.43. The standard InChI is InChI=1S/C21H24N2O4S/c1-22(13-15-7-9-16(10-8-15)21(26)27-2)19(24)17-5-3-11-23(14-17)20(25)18-6-4-12-28-18/h4,6-10,12,17H,3,5,11,13-14H2,1-2H3. The maximum Gasteiger partial charge on any atom is 0.337 e. The van der Waals surface area contributed by atoms with E-state index in [0.29, 0.717) is 30.1 Å². The van der Waals surface area contributed by atoms with E-state index in [-0.39, 0.29) is 23.7 Å². The molecule has 0 spiro atoms. The number of hydrogen-bond donors (Lipinski definition) is 0. The second-order valence-corrected chi connectivity index (χ2v) is 7.90. The molecule has 0 bridgehead atoms. The SMILES string of the molecule is COC(=O)c1ccc(CN(C)C(=O)C2CCCN(C(=O)c3cccs3)C2)cc1. The summed E-state index contributed by atoms with van der Waals surface area (Å²) in [5.74, 6) is -0.514. The van der Waals surface area contributed by atoms with Crippen molar-refractivity contribution in [2.24, 2.45) is 5.92 Å². The van der Waals surface area contributed by atoms with Crippen LogP contribution >= 0.6 is 11.3 Å². The quantitative estimate of drug-likeness (QED) is 0.724. The van der Waals surface area contributed by atoms with Crippen molar-refractivity contribution in [1.82, 2.24) is 9.80 Å². The van der Waals surface area contributed by atoms with Crippen molar-refractivity contribution < 1.29 is 19.1 Å². The Kier molecular flexibility index (Phi) is 6.46. The Morgan fingerprint density at radius 1 is 1.21 bits per heavy atom. The molecule has 0 aliphatic carbocycles. The van der Waals surface area contributed by atoms with Crippen molar-refractivity contribution >= 4 is 29.1 Å². The van der Waals surface area contributed by atoms with E-state index >= 15 is 0 Å². The molecule has 0 radical (unpaired) electrons. The summed E-state index contributed by atoms with van der Waals surface area (Å²) in [6, 6.07) is 10.7. The number of carbonyl (C=O) groups is 3. The Hall–Kier alpha value is -2.67. The number of methoxy groups -OCH3 is 1. The van der Waals surface area contributed by atoms with Gasteiger partial charge in [-0.1, -0.05) is 18.2 Å². The van der Waals surface area contributed by atoms with Crippen LogP contribution in [0.3, 0.4) is 0 Å². The number of likely N-dealkylation sites (tertiary alicyclic amines) is 1. The Labute approximate surface area is 168 Å². The van der Waals surface area contributed by atoms with Gasteiger partial charge in [-0.15, -0.1) is 11.3 Å². The molecule has 1 unspecified atom stereocenters. The first-order chi connectivity index (χ1) is 13.5. The molecule has 1 aromatic carbocycles. The summed E-state index contributed by atoms with van der Waals surface area (Å²) in [6.07, 6.45) is 1.62. The molecule has 3 rings (SSSR count). The molecule has 2 heterocycles. The van der Waals surface area contributed by atoms with E-state index in [0.717, 1.165) is 18.4 Å². The Bertz CT molecular complexity index is 833. The zero-order valence-electron chi connectivity index (χ0n) is 16.1. The first-order valence-electron chi connectivity index (χ1n) is 9.24. The predicted octanol–water partition coefficient (Wildman–Crippen LogP) is 3.05. The minimum absolute atomic E-state index is 0.00792. The number of rotatable bonds is 5. The third kappa shape index (κ3) is 4.59. The minimum atomic E-state index is -0.381. The molecule has 6 nitrogen and oxygen atoms in total. The summed E-state index contributed by atoms with van der Waals surface area (Å²) < 4.78 is 4.70. The van der Waals surface area contributed by atoms with Gasteiger partial charge in [-0.05, 0) is 42.0 Å². The van der Waals surface area contributed by atoms with E-state index in [1.54, 1.807) is 29.0 Å². The van der Waals surface area contributed by atoms with Crippen LogP contribution in [-0.4, -0.2) is 54.8 Å². The maximum absolute atomic E-state index is 12.9. The van der Waals surface area contributed by atoms with Gasteiger partial charge in [0.2, 0.25) is 5.91 Å². The number of hydrogen-bond acceptors (Lipinski definition) is 5. The molecule has 2 amide bonds. The Morgan fingerprint density at radius 3 is 2.61 bits per heavy atom. The minimum Gasteiger partial charge on any atom is -0.465 e. The number of amides is 2. The number of piperidine rings is 1. The van der Waals surface area contributed by atoms with E-state index < -0.39 is 0 Å². The molecule has 1 aromatic heterocycles. The van der Waals surface area contributed by atoms with Crippen LogP contribution in [0.4, 0.5) is 0 Å². The van der Waals surface area contributed by atoms with Gasteiger partial charge in [0.05, 0.1) is 23.5 Å². The largest absolute Gasteiger partial charge is 0.465 e. The van der Waals surface area contributed by atoms with Gasteiger partial charge in [0.25, 0.3) is 5.91 Å². The van der Waals surface area contributed by atoms with Gasteiger partial charge in [-0.25, -0.2) is 4.79 Å². The fourth-order valence-corrected chi connectivity index (χ4v) is 4.14. The molecule has 0 N–H and O–H groups in total. The van der Waals surface area contributed by atoms with Gasteiger partial charge in [0.15, 0.2) is 0 Å². The molecule has 148 valence electrons. The predicted molar refractivity (Wildman–Crippen MR) is 107 cm³/mol. The second-order valence-electron chi connectivity index (χ2n) is 6.95. The number of ether oxygens (including phenoxy) is 1. The third-order valence-electron chi connectivity index (χ3n) is 4.96. The number of carbonyl (C=O) groups excluding carboxylic acids is 3. The zero-order valence-corrected chi connectivity index (χ0v) is 16.9. The average Bonchev–Trinajstić information content (AvgIpc) is 3.27. The van der Waals surface area contributed by atoms with Crippen LogP contribution in [0, 0.1) is 5.92 Å². The van der Waals surface area contributed by atoms with E-state index in [9.17, 15) is 14.4 Å². The van der Waals surface area contributed by atoms with Crippen molar-refractivity contribution in [2.45, 2.75) is 19.4 Å². The molecule has 1 fully saturated rings. The Morgan fingerprint density at radius 2 is 1.96 bits per heavy atom. The Balaban J connectivity index is 1.59. The van der Waals surface area contributed by atoms with Crippen molar-refractivity contribution in [3.05, 3.63) is 57.8 Å². The van der Waals surface area contributed by atoms with Gasteiger partial charge in [0, 0.05) is 26.7 Å². The lowest BCUT2D eigenvalue weighted by Gasteiger charge is -2.33. The first kappa shape index (κ1) is 20.1. The van der Waals surface area contributed by atoms with Gasteiger partial charge < -0.3 is 14.5 Å². The van der Waals surface area contributed by atoms with Gasteiger partial charge >= 0.3 is 5.97 Å². The monoisotopic (exact) mass is 400 g/mol. The molecular weight excluding hydrogens is 376 g/mol. The van der Waals surface area contributed by atoms with Crippen molar-refractivity contribution in [3.8, 4) is 0 Å². The molecule has 1 aliphatic heterocycles. The molecule has 7 heteroatoms. The topological polar surface area (TPSA) is 66.9 Å². The maximum atomic E-state index is 12.9. The first-order valence-corrected chi connectivity index (χ1v) is 10.1. The molecule has 1 aliphatic rings. The summed E-state index contributed by atoms with van der Waals surface area (Å²) in [4.78, 5) is 41.2. The normalized spacial score (nSPS) is 16.5. The van der Waals surface area contributed by atoms with Crippen LogP contribution in [-0.2, 0) is 16.1 Å². The fraction of sp³-hybridized carbons (Fsp3) is 0.381. The van der Waals surface area contributed by atoms with Gasteiger partial charge in [0.1, 0.15) is 0 Å². The van der Waals surface area contributed by atoms with Crippen LogP contribution in [0.1, 0.15) is 38.4 Å². The highest BCUT2D eigenvalue weighted by atomic mass is 32.1. The molecular formula is C21H24N2O4S. The molecule has 1 atom stereocenters. The van der Waals surface area contributed by atoms with Gasteiger partial charge in [-0.3, -0.25) is 9.59 Å². The number of benzene rings is 1. The highest BCUT2D eigenvalue weighted by Crippen LogP contribution is 2.22. The zero-order chi connectivity index (χ0) is 20.1. The number of thiophene rings is 1. The lowest BCUT2D eigenvalue weighted by molar-refractivity contribution is -0.136. The smallest absolute Gasteiger partial charge is 0.337 e. The van der Waals surface area contributed by atoms with Crippen molar-refractivity contribution in [1.29, 1.82) is 0 Å². The fourth-order valence-electron chi connectivity index (χ4n) is 3.45. The average molecular weight is 401 g/mol. The van der Waals surface area contributed by atoms with Crippen LogP contribution < -0.4 is 0 Å². The third-order valence-corrected chi connectivity index (χ3v) is 5.82. The summed E-state index contributed by atoms with van der Waals surface area (Å²) in [6.45, 7) is 1.61. The number of esters is 1. The molecule has 1 saturated heterocycles. The summed E-state index contributed by atoms with van der Waals surface area (Å²) in [7, 11) is 3.12. The highest BCUT2D eigenvalue weighted by molar-refractivity contribution is 7.12. The van der Waals surface area contributed by atoms with Crippen molar-refractivity contribution in [2.75, 3.05) is 27.2 Å². The molecule has 0 saturated carbocycles. The van der Waals surface area contributed by atoms with Crippen LogP contribution in [0.5, 0.6) is 0 Å². The highest BCUT2D eigenvalue weighted by Gasteiger charge is 2.30. The van der Waals surface area contributed by atoms with Gasteiger partial charge in [-0.2, -0.15) is 0 Å². The second kappa shape index (κ2) is 9.01. The lowest BCUT2D eigenvalue weighted by atomic mass is 9.96. The van der Waals surface area contributed by atoms with E-state index in [2.05, 4.69) is 0 Å². The van der Waals surface area contributed by atoms with Crippen LogP contribution in [0.15, 0.2) is 41.8 Å².